The van der Waals surface area contributed by atoms with E-state index in [0.717, 1.165) is 20.1 Å². The highest BCUT2D eigenvalue weighted by molar-refractivity contribution is 9.10. The highest BCUT2D eigenvalue weighted by Crippen LogP contribution is 2.23. The summed E-state index contributed by atoms with van der Waals surface area (Å²) in [5.74, 6) is 0.422. The van der Waals surface area contributed by atoms with E-state index in [1.165, 1.54) is 6.21 Å². The lowest BCUT2D eigenvalue weighted by atomic mass is 10.1. The first-order valence-electron chi connectivity index (χ1n) is 8.73. The maximum atomic E-state index is 12.1. The smallest absolute Gasteiger partial charge is 0.244 e. The summed E-state index contributed by atoms with van der Waals surface area (Å²) in [4.78, 5) is 12.1. The van der Waals surface area contributed by atoms with Gasteiger partial charge >= 0.3 is 0 Å². The van der Waals surface area contributed by atoms with Crippen LogP contribution in [0.3, 0.4) is 0 Å². The minimum Gasteiger partial charge on any atom is -0.488 e. The maximum Gasteiger partial charge on any atom is 0.244 e. The Morgan fingerprint density at radius 1 is 0.966 bits per heavy atom. The van der Waals surface area contributed by atoms with Crippen LogP contribution in [0, 0.1) is 0 Å². The molecule has 0 spiro atoms. The predicted molar refractivity (Wildman–Crippen MR) is 124 cm³/mol. The van der Waals surface area contributed by atoms with Crippen molar-refractivity contribution < 1.29 is 9.53 Å². The Hall–Kier alpha value is -2.15. The third kappa shape index (κ3) is 6.99. The zero-order valence-electron chi connectivity index (χ0n) is 15.2. The van der Waals surface area contributed by atoms with Crippen LogP contribution in [0.5, 0.6) is 5.75 Å². The maximum absolute atomic E-state index is 12.1. The lowest BCUT2D eigenvalue weighted by molar-refractivity contribution is -0.120. The molecule has 0 aliphatic rings. The second kappa shape index (κ2) is 10.6. The first-order chi connectivity index (χ1) is 14.0. The van der Waals surface area contributed by atoms with Crippen LogP contribution >= 0.6 is 43.5 Å². The number of nitrogens with one attached hydrogen (secondary N) is 1. The first kappa shape index (κ1) is 21.6. The molecule has 1 amide bonds. The zero-order chi connectivity index (χ0) is 20.6. The molecular formula is C22H17Br2ClN2O2. The first-order valence-corrected chi connectivity index (χ1v) is 10.7. The van der Waals surface area contributed by atoms with Crippen LogP contribution in [-0.4, -0.2) is 12.1 Å². The van der Waals surface area contributed by atoms with Crippen molar-refractivity contribution in [2.24, 2.45) is 5.10 Å². The summed E-state index contributed by atoms with van der Waals surface area (Å²) in [6, 6.07) is 20.7. The van der Waals surface area contributed by atoms with E-state index in [0.29, 0.717) is 22.9 Å². The van der Waals surface area contributed by atoms with E-state index in [-0.39, 0.29) is 12.3 Å². The fourth-order valence-electron chi connectivity index (χ4n) is 2.49. The number of nitrogens with zero attached hydrogens (tertiary/aromatic N) is 1. The molecule has 0 radical (unpaired) electrons. The lowest BCUT2D eigenvalue weighted by Crippen LogP contribution is -2.19. The van der Waals surface area contributed by atoms with Crippen LogP contribution in [0.4, 0.5) is 0 Å². The predicted octanol–water partition coefficient (Wildman–Crippen LogP) is 6.14. The molecule has 0 aromatic heterocycles. The van der Waals surface area contributed by atoms with Crippen molar-refractivity contribution in [3.63, 3.8) is 0 Å². The third-order valence-electron chi connectivity index (χ3n) is 3.95. The number of amides is 1. The summed E-state index contributed by atoms with van der Waals surface area (Å²) in [7, 11) is 0. The Morgan fingerprint density at radius 3 is 2.24 bits per heavy atom. The molecule has 0 saturated carbocycles. The molecule has 29 heavy (non-hydrogen) atoms. The topological polar surface area (TPSA) is 50.7 Å². The molecule has 4 nitrogen and oxygen atoms in total. The van der Waals surface area contributed by atoms with Gasteiger partial charge in [-0.25, -0.2) is 5.43 Å². The number of halogens is 3. The van der Waals surface area contributed by atoms with Crippen molar-refractivity contribution >= 4 is 55.6 Å². The van der Waals surface area contributed by atoms with Gasteiger partial charge in [-0.2, -0.15) is 5.10 Å². The van der Waals surface area contributed by atoms with E-state index in [1.54, 1.807) is 18.2 Å². The molecule has 7 heteroatoms. The van der Waals surface area contributed by atoms with Gasteiger partial charge in [0, 0.05) is 19.5 Å². The molecule has 0 unspecified atom stereocenters. The number of hydrogen-bond acceptors (Lipinski definition) is 3. The van der Waals surface area contributed by atoms with E-state index in [2.05, 4.69) is 42.4 Å². The second-order valence-electron chi connectivity index (χ2n) is 6.19. The zero-order valence-corrected chi connectivity index (χ0v) is 19.2. The normalized spacial score (nSPS) is 10.9. The van der Waals surface area contributed by atoms with E-state index < -0.39 is 0 Å². The fourth-order valence-corrected chi connectivity index (χ4v) is 3.20. The number of hydrazone groups is 1. The van der Waals surface area contributed by atoms with Crippen molar-refractivity contribution in [2.75, 3.05) is 0 Å². The summed E-state index contributed by atoms with van der Waals surface area (Å²) in [6.07, 6.45) is 1.77. The molecule has 1 N–H and O–H groups in total. The Bertz CT molecular complexity index is 1010. The molecule has 0 bridgehead atoms. The van der Waals surface area contributed by atoms with Crippen molar-refractivity contribution in [1.29, 1.82) is 0 Å². The Kier molecular flexibility index (Phi) is 7.86. The van der Waals surface area contributed by atoms with Crippen LogP contribution in [0.1, 0.15) is 16.7 Å². The number of benzene rings is 3. The fraction of sp³-hybridized carbons (Fsp3) is 0.0909. The quantitative estimate of drug-likeness (QED) is 0.292. The van der Waals surface area contributed by atoms with E-state index in [1.807, 2.05) is 48.5 Å². The number of rotatable bonds is 7. The second-order valence-corrected chi connectivity index (χ2v) is 8.46. The summed E-state index contributed by atoms with van der Waals surface area (Å²) in [5, 5.41) is 4.60. The molecule has 3 aromatic carbocycles. The average Bonchev–Trinajstić information content (AvgIpc) is 2.70. The van der Waals surface area contributed by atoms with Gasteiger partial charge in [-0.1, -0.05) is 67.7 Å². The Balaban J connectivity index is 1.61. The van der Waals surface area contributed by atoms with Gasteiger partial charge in [-0.3, -0.25) is 4.79 Å². The van der Waals surface area contributed by atoms with Crippen LogP contribution in [0.2, 0.25) is 5.02 Å². The number of ether oxygens (including phenoxy) is 1. The summed E-state index contributed by atoms with van der Waals surface area (Å²) < 4.78 is 7.88. The Labute approximate surface area is 191 Å². The number of hydrogen-bond donors (Lipinski definition) is 1. The van der Waals surface area contributed by atoms with Gasteiger partial charge < -0.3 is 4.74 Å². The summed E-state index contributed by atoms with van der Waals surface area (Å²) in [5.41, 5.74) is 5.16. The van der Waals surface area contributed by atoms with Gasteiger partial charge in [-0.15, -0.1) is 0 Å². The highest BCUT2D eigenvalue weighted by Gasteiger charge is 2.05. The lowest BCUT2D eigenvalue weighted by Gasteiger charge is -2.10. The molecule has 148 valence electrons. The van der Waals surface area contributed by atoms with E-state index in [4.69, 9.17) is 16.3 Å². The third-order valence-corrected chi connectivity index (χ3v) is 5.24. The molecule has 3 aromatic rings. The molecule has 0 aliphatic heterocycles. The summed E-state index contributed by atoms with van der Waals surface area (Å²) in [6.45, 7) is 0.408. The SMILES string of the molecule is O=C(Cc1ccc(Br)cc1)N/N=C\c1cc(Cl)ccc1OCc1ccc(Br)cc1. The standard InChI is InChI=1S/C22H17Br2ClN2O2/c23-18-5-1-15(2-6-18)11-22(28)27-26-13-17-12-20(25)9-10-21(17)29-14-16-3-7-19(24)8-4-16/h1-10,12-13H,11,14H2,(H,27,28)/b26-13-. The van der Waals surface area contributed by atoms with Gasteiger partial charge in [-0.05, 0) is 53.6 Å². The van der Waals surface area contributed by atoms with Gasteiger partial charge in [0.15, 0.2) is 0 Å². The molecule has 3 rings (SSSR count). The highest BCUT2D eigenvalue weighted by atomic mass is 79.9. The summed E-state index contributed by atoms with van der Waals surface area (Å²) >= 11 is 12.9. The van der Waals surface area contributed by atoms with Gasteiger partial charge in [0.1, 0.15) is 12.4 Å². The minimum absolute atomic E-state index is 0.206. The molecule has 0 aliphatic carbocycles. The van der Waals surface area contributed by atoms with Crippen LogP contribution in [0.15, 0.2) is 80.8 Å². The van der Waals surface area contributed by atoms with Crippen molar-refractivity contribution in [1.82, 2.24) is 5.43 Å². The molecule has 0 fully saturated rings. The molecule has 0 heterocycles. The molecule has 0 saturated heterocycles. The van der Waals surface area contributed by atoms with Crippen LogP contribution in [-0.2, 0) is 17.8 Å². The number of carbonyl (C=O) groups excluding carboxylic acids is 1. The minimum atomic E-state index is -0.206. The van der Waals surface area contributed by atoms with E-state index >= 15 is 0 Å². The molecular weight excluding hydrogens is 520 g/mol. The van der Waals surface area contributed by atoms with Gasteiger partial charge in [0.25, 0.3) is 0 Å². The van der Waals surface area contributed by atoms with Crippen molar-refractivity contribution in [2.45, 2.75) is 13.0 Å². The molecule has 0 atom stereocenters. The van der Waals surface area contributed by atoms with Crippen molar-refractivity contribution in [3.05, 3.63) is 97.4 Å². The van der Waals surface area contributed by atoms with Gasteiger partial charge in [0.2, 0.25) is 5.91 Å². The van der Waals surface area contributed by atoms with E-state index in [9.17, 15) is 4.79 Å². The van der Waals surface area contributed by atoms with Crippen LogP contribution in [0.25, 0.3) is 0 Å². The Morgan fingerprint density at radius 2 is 1.59 bits per heavy atom. The average molecular weight is 537 g/mol. The monoisotopic (exact) mass is 534 g/mol. The van der Waals surface area contributed by atoms with Gasteiger partial charge in [0.05, 0.1) is 12.6 Å². The van der Waals surface area contributed by atoms with Crippen molar-refractivity contribution in [3.8, 4) is 5.75 Å². The van der Waals surface area contributed by atoms with Crippen LogP contribution < -0.4 is 10.2 Å². The largest absolute Gasteiger partial charge is 0.488 e. The number of carbonyl (C=O) groups is 1.